The number of nitrogens with one attached hydrogen (secondary N) is 1. The molecule has 3 aromatic rings. The Morgan fingerprint density at radius 2 is 1.65 bits per heavy atom. The number of sulfonamides is 1. The van der Waals surface area contributed by atoms with Crippen LogP contribution in [-0.4, -0.2) is 27.0 Å². The summed E-state index contributed by atoms with van der Waals surface area (Å²) in [6, 6.07) is 23.7. The molecule has 31 heavy (non-hydrogen) atoms. The molecule has 0 aliphatic carbocycles. The average Bonchev–Trinajstić information content (AvgIpc) is 2.78. The Bertz CT molecular complexity index is 1160. The molecule has 0 fully saturated rings. The van der Waals surface area contributed by atoms with Crippen LogP contribution in [0.5, 0.6) is 5.75 Å². The first-order valence-corrected chi connectivity index (χ1v) is 11.7. The molecule has 4 rings (SSSR count). The van der Waals surface area contributed by atoms with Crippen molar-refractivity contribution in [1.29, 1.82) is 0 Å². The average molecular weight is 437 g/mol. The molecule has 1 aliphatic rings. The molecule has 1 amide bonds. The molecular weight excluding hydrogens is 412 g/mol. The largest absolute Gasteiger partial charge is 0.476 e. The Morgan fingerprint density at radius 1 is 0.968 bits per heavy atom. The summed E-state index contributed by atoms with van der Waals surface area (Å²) in [4.78, 5) is 12.8. The predicted molar refractivity (Wildman–Crippen MR) is 120 cm³/mol. The van der Waals surface area contributed by atoms with Crippen LogP contribution in [0.2, 0.25) is 0 Å². The van der Waals surface area contributed by atoms with Gasteiger partial charge in [-0.3, -0.25) is 9.10 Å². The second kappa shape index (κ2) is 8.81. The van der Waals surface area contributed by atoms with Crippen molar-refractivity contribution in [2.24, 2.45) is 0 Å². The Labute approximate surface area is 182 Å². The van der Waals surface area contributed by atoms with Crippen LogP contribution in [0, 0.1) is 6.92 Å². The molecule has 6 nitrogen and oxygen atoms in total. The molecule has 0 unspecified atom stereocenters. The number of rotatable bonds is 6. The van der Waals surface area contributed by atoms with Crippen molar-refractivity contribution >= 4 is 21.6 Å². The maximum absolute atomic E-state index is 13.2. The highest BCUT2D eigenvalue weighted by Crippen LogP contribution is 2.35. The third-order valence-electron chi connectivity index (χ3n) is 5.14. The van der Waals surface area contributed by atoms with Crippen LogP contribution in [-0.2, 0) is 27.1 Å². The van der Waals surface area contributed by atoms with Gasteiger partial charge in [-0.05, 0) is 30.2 Å². The van der Waals surface area contributed by atoms with Crippen molar-refractivity contribution in [3.05, 3.63) is 95.6 Å². The number of carbonyl (C=O) groups is 1. The molecule has 0 bridgehead atoms. The summed E-state index contributed by atoms with van der Waals surface area (Å²) < 4.78 is 33.6. The zero-order chi connectivity index (χ0) is 21.8. The van der Waals surface area contributed by atoms with Crippen molar-refractivity contribution in [2.45, 2.75) is 25.3 Å². The molecule has 0 aromatic heterocycles. The standard InChI is InChI=1S/C24H24N2O4S/c1-18-11-13-19(14-12-18)15-25-24(27)23-16-26(21-9-5-6-10-22(21)30-23)31(28,29)17-20-7-3-2-4-8-20/h2-14,23H,15-17H2,1H3,(H,25,27)/t23-/m0/s1. The van der Waals surface area contributed by atoms with E-state index in [4.69, 9.17) is 4.74 Å². The van der Waals surface area contributed by atoms with Crippen LogP contribution in [0.15, 0.2) is 78.9 Å². The number of fused-ring (bicyclic) bond motifs is 1. The second-order valence-corrected chi connectivity index (χ2v) is 9.44. The van der Waals surface area contributed by atoms with E-state index in [1.54, 1.807) is 48.5 Å². The first-order valence-electron chi connectivity index (χ1n) is 10.1. The number of hydrogen-bond donors (Lipinski definition) is 1. The molecular formula is C24H24N2O4S. The third-order valence-corrected chi connectivity index (χ3v) is 6.86. The van der Waals surface area contributed by atoms with Gasteiger partial charge in [0.15, 0.2) is 6.10 Å². The molecule has 1 atom stereocenters. The summed E-state index contributed by atoms with van der Waals surface area (Å²) in [7, 11) is -3.71. The first-order chi connectivity index (χ1) is 14.9. The Hall–Kier alpha value is -3.32. The minimum absolute atomic E-state index is 0.0775. The molecule has 1 heterocycles. The highest BCUT2D eigenvalue weighted by atomic mass is 32.2. The topological polar surface area (TPSA) is 75.7 Å². The fourth-order valence-corrected chi connectivity index (χ4v) is 5.06. The lowest BCUT2D eigenvalue weighted by Crippen LogP contribution is -2.50. The first kappa shape index (κ1) is 20.9. The maximum atomic E-state index is 13.2. The summed E-state index contributed by atoms with van der Waals surface area (Å²) in [5, 5.41) is 2.86. The second-order valence-electron chi connectivity index (χ2n) is 7.55. The van der Waals surface area contributed by atoms with Gasteiger partial charge in [-0.15, -0.1) is 0 Å². The van der Waals surface area contributed by atoms with Gasteiger partial charge in [0, 0.05) is 6.54 Å². The van der Waals surface area contributed by atoms with Crippen LogP contribution >= 0.6 is 0 Å². The van der Waals surface area contributed by atoms with Gasteiger partial charge in [0.05, 0.1) is 18.0 Å². The molecule has 1 aliphatic heterocycles. The van der Waals surface area contributed by atoms with Crippen LogP contribution in [0.1, 0.15) is 16.7 Å². The van der Waals surface area contributed by atoms with E-state index in [-0.39, 0.29) is 18.2 Å². The van der Waals surface area contributed by atoms with E-state index in [2.05, 4.69) is 5.32 Å². The third kappa shape index (κ3) is 4.88. The summed E-state index contributed by atoms with van der Waals surface area (Å²) in [5.74, 6) is -0.129. The minimum atomic E-state index is -3.71. The van der Waals surface area contributed by atoms with Gasteiger partial charge >= 0.3 is 0 Å². The van der Waals surface area contributed by atoms with E-state index >= 15 is 0 Å². The minimum Gasteiger partial charge on any atom is -0.476 e. The van der Waals surface area contributed by atoms with Gasteiger partial charge in [0.1, 0.15) is 5.75 Å². The number of amides is 1. The molecule has 160 valence electrons. The van der Waals surface area contributed by atoms with Crippen LogP contribution in [0.25, 0.3) is 0 Å². The van der Waals surface area contributed by atoms with E-state index in [1.165, 1.54) is 4.31 Å². The number of aryl methyl sites for hydroxylation is 1. The monoisotopic (exact) mass is 436 g/mol. The van der Waals surface area contributed by atoms with Gasteiger partial charge in [0.25, 0.3) is 5.91 Å². The van der Waals surface area contributed by atoms with Gasteiger partial charge in [-0.2, -0.15) is 0 Å². The normalized spacial score (nSPS) is 15.6. The lowest BCUT2D eigenvalue weighted by Gasteiger charge is -2.34. The molecule has 0 radical (unpaired) electrons. The number of anilines is 1. The number of ether oxygens (including phenoxy) is 1. The molecule has 3 aromatic carbocycles. The quantitative estimate of drug-likeness (QED) is 0.643. The molecule has 7 heteroatoms. The van der Waals surface area contributed by atoms with E-state index < -0.39 is 16.1 Å². The van der Waals surface area contributed by atoms with Crippen LogP contribution in [0.3, 0.4) is 0 Å². The Kier molecular flexibility index (Phi) is 5.95. The summed E-state index contributed by atoms with van der Waals surface area (Å²) in [5.41, 5.74) is 3.23. The zero-order valence-electron chi connectivity index (χ0n) is 17.2. The van der Waals surface area contributed by atoms with Gasteiger partial charge < -0.3 is 10.1 Å². The summed E-state index contributed by atoms with van der Waals surface area (Å²) in [6.07, 6.45) is -0.939. The van der Waals surface area contributed by atoms with E-state index in [0.717, 1.165) is 11.1 Å². The fraction of sp³-hybridized carbons (Fsp3) is 0.208. The van der Waals surface area contributed by atoms with Crippen molar-refractivity contribution in [3.63, 3.8) is 0 Å². The molecule has 0 spiro atoms. The molecule has 1 N–H and O–H groups in total. The lowest BCUT2D eigenvalue weighted by molar-refractivity contribution is -0.127. The van der Waals surface area contributed by atoms with Crippen molar-refractivity contribution in [3.8, 4) is 5.75 Å². The zero-order valence-corrected chi connectivity index (χ0v) is 18.0. The van der Waals surface area contributed by atoms with Crippen molar-refractivity contribution in [2.75, 3.05) is 10.8 Å². The Balaban J connectivity index is 1.53. The summed E-state index contributed by atoms with van der Waals surface area (Å²) in [6.45, 7) is 2.27. The molecule has 0 saturated carbocycles. The van der Waals surface area contributed by atoms with E-state index in [1.807, 2.05) is 37.3 Å². The Morgan fingerprint density at radius 3 is 2.39 bits per heavy atom. The number of hydrogen-bond acceptors (Lipinski definition) is 4. The number of para-hydroxylation sites is 2. The number of nitrogens with zero attached hydrogens (tertiary/aromatic N) is 1. The van der Waals surface area contributed by atoms with Crippen molar-refractivity contribution < 1.29 is 17.9 Å². The maximum Gasteiger partial charge on any atom is 0.263 e. The fourth-order valence-electron chi connectivity index (χ4n) is 3.47. The SMILES string of the molecule is Cc1ccc(CNC(=O)[C@@H]2CN(S(=O)(=O)Cc3ccccc3)c3ccccc3O2)cc1. The smallest absolute Gasteiger partial charge is 0.263 e. The molecule has 0 saturated heterocycles. The highest BCUT2D eigenvalue weighted by molar-refractivity contribution is 7.92. The van der Waals surface area contributed by atoms with Crippen LogP contribution < -0.4 is 14.4 Å². The highest BCUT2D eigenvalue weighted by Gasteiger charge is 2.36. The van der Waals surface area contributed by atoms with Gasteiger partial charge in [0.2, 0.25) is 10.0 Å². The lowest BCUT2D eigenvalue weighted by atomic mass is 10.1. The van der Waals surface area contributed by atoms with Gasteiger partial charge in [-0.25, -0.2) is 8.42 Å². The van der Waals surface area contributed by atoms with Gasteiger partial charge in [-0.1, -0.05) is 72.3 Å². The summed E-state index contributed by atoms with van der Waals surface area (Å²) >= 11 is 0. The number of benzene rings is 3. The van der Waals surface area contributed by atoms with E-state index in [0.29, 0.717) is 23.5 Å². The number of carbonyl (C=O) groups excluding carboxylic acids is 1. The van der Waals surface area contributed by atoms with Crippen molar-refractivity contribution in [1.82, 2.24) is 5.32 Å². The van der Waals surface area contributed by atoms with Crippen LogP contribution in [0.4, 0.5) is 5.69 Å². The predicted octanol–water partition coefficient (Wildman–Crippen LogP) is 3.41. The van der Waals surface area contributed by atoms with E-state index in [9.17, 15) is 13.2 Å².